The standard InChI is InChI=1S/C30H29FN6O/c1-2-36-17-25(29(38)34-28(18-3-4-18)19-5-8-22(31)9-6-19)24-15-20(7-12-26(24)36)21-13-14-37-27(16-21)33-30(35-37)32-23-10-11-23/h5-9,12-18,23,28H,2-4,10-11H2,1H3,(H,32,35)(H,34,38)/t28-/m0/s1. The van der Waals surface area contributed by atoms with Crippen molar-refractivity contribution in [2.45, 2.75) is 51.2 Å². The summed E-state index contributed by atoms with van der Waals surface area (Å²) in [5.74, 6) is 0.663. The van der Waals surface area contributed by atoms with Crippen LogP contribution in [0.25, 0.3) is 27.7 Å². The average Bonchev–Trinajstić information content (AvgIpc) is 3.86. The largest absolute Gasteiger partial charge is 0.350 e. The van der Waals surface area contributed by atoms with Gasteiger partial charge in [0, 0.05) is 35.9 Å². The fraction of sp³-hybridized carbons (Fsp3) is 0.300. The SMILES string of the molecule is CCn1cc(C(=O)N[C@H](c2ccc(F)cc2)C2CC2)c2cc(-c3ccn4nc(NC5CC5)nc4c3)ccc21. The van der Waals surface area contributed by atoms with Gasteiger partial charge in [0.05, 0.1) is 11.6 Å². The van der Waals surface area contributed by atoms with Crippen molar-refractivity contribution < 1.29 is 9.18 Å². The van der Waals surface area contributed by atoms with Gasteiger partial charge in [0.15, 0.2) is 5.65 Å². The molecule has 7 rings (SSSR count). The number of carbonyl (C=O) groups is 1. The molecule has 0 radical (unpaired) electrons. The second-order valence-electron chi connectivity index (χ2n) is 10.5. The van der Waals surface area contributed by atoms with Crippen molar-refractivity contribution in [2.75, 3.05) is 5.32 Å². The van der Waals surface area contributed by atoms with Gasteiger partial charge < -0.3 is 15.2 Å². The van der Waals surface area contributed by atoms with E-state index in [1.807, 2.05) is 24.5 Å². The van der Waals surface area contributed by atoms with E-state index >= 15 is 0 Å². The molecule has 0 unspecified atom stereocenters. The Balaban J connectivity index is 1.22. The number of nitrogens with one attached hydrogen (secondary N) is 2. The first-order valence-corrected chi connectivity index (χ1v) is 13.4. The Morgan fingerprint density at radius 1 is 1.05 bits per heavy atom. The first-order valence-electron chi connectivity index (χ1n) is 13.4. The predicted molar refractivity (Wildman–Crippen MR) is 146 cm³/mol. The van der Waals surface area contributed by atoms with Crippen LogP contribution in [-0.4, -0.2) is 31.1 Å². The van der Waals surface area contributed by atoms with Crippen molar-refractivity contribution in [3.05, 3.63) is 83.9 Å². The van der Waals surface area contributed by atoms with Crippen molar-refractivity contribution in [2.24, 2.45) is 5.92 Å². The van der Waals surface area contributed by atoms with E-state index in [9.17, 15) is 9.18 Å². The Morgan fingerprint density at radius 3 is 2.58 bits per heavy atom. The van der Waals surface area contributed by atoms with E-state index < -0.39 is 0 Å². The Morgan fingerprint density at radius 2 is 1.84 bits per heavy atom. The van der Waals surface area contributed by atoms with Gasteiger partial charge in [-0.25, -0.2) is 8.91 Å². The summed E-state index contributed by atoms with van der Waals surface area (Å²) in [6.07, 6.45) is 8.32. The van der Waals surface area contributed by atoms with E-state index in [0.717, 1.165) is 52.6 Å². The fourth-order valence-corrected chi connectivity index (χ4v) is 5.24. The number of halogens is 1. The van der Waals surface area contributed by atoms with Gasteiger partial charge in [0.25, 0.3) is 5.91 Å². The van der Waals surface area contributed by atoms with Crippen LogP contribution in [0.5, 0.6) is 0 Å². The van der Waals surface area contributed by atoms with Crippen LogP contribution in [-0.2, 0) is 6.54 Å². The van der Waals surface area contributed by atoms with Gasteiger partial charge in [-0.05, 0) is 91.6 Å². The molecule has 3 aromatic heterocycles. The van der Waals surface area contributed by atoms with Gasteiger partial charge >= 0.3 is 0 Å². The Bertz CT molecular complexity index is 1660. The number of aromatic nitrogens is 4. The molecule has 2 aliphatic carbocycles. The highest BCUT2D eigenvalue weighted by Crippen LogP contribution is 2.41. The molecular formula is C30H29FN6O. The number of pyridine rings is 1. The average molecular weight is 509 g/mol. The van der Waals surface area contributed by atoms with E-state index in [4.69, 9.17) is 0 Å². The molecule has 1 amide bonds. The maximum absolute atomic E-state index is 13.7. The molecule has 38 heavy (non-hydrogen) atoms. The molecule has 8 heteroatoms. The quantitative estimate of drug-likeness (QED) is 0.271. The number of anilines is 1. The smallest absolute Gasteiger partial charge is 0.253 e. The minimum Gasteiger partial charge on any atom is -0.350 e. The summed E-state index contributed by atoms with van der Waals surface area (Å²) < 4.78 is 17.4. The second-order valence-corrected chi connectivity index (χ2v) is 10.5. The molecule has 0 saturated heterocycles. The van der Waals surface area contributed by atoms with Crippen LogP contribution in [0.4, 0.5) is 10.3 Å². The number of fused-ring (bicyclic) bond motifs is 2. The van der Waals surface area contributed by atoms with E-state index in [1.54, 1.807) is 16.6 Å². The van der Waals surface area contributed by atoms with Crippen molar-refractivity contribution in [1.82, 2.24) is 24.5 Å². The maximum atomic E-state index is 13.7. The highest BCUT2D eigenvalue weighted by molar-refractivity contribution is 6.08. The number of aryl methyl sites for hydroxylation is 1. The molecule has 0 spiro atoms. The van der Waals surface area contributed by atoms with Crippen LogP contribution in [0, 0.1) is 11.7 Å². The number of hydrogen-bond acceptors (Lipinski definition) is 4. The zero-order valence-electron chi connectivity index (χ0n) is 21.2. The molecule has 3 heterocycles. The lowest BCUT2D eigenvalue weighted by Crippen LogP contribution is -2.29. The molecule has 5 aromatic rings. The molecule has 2 aromatic carbocycles. The van der Waals surface area contributed by atoms with Crippen LogP contribution >= 0.6 is 0 Å². The summed E-state index contributed by atoms with van der Waals surface area (Å²) in [6, 6.07) is 17.2. The molecule has 1 atom stereocenters. The normalized spacial score (nSPS) is 16.2. The number of benzene rings is 2. The van der Waals surface area contributed by atoms with E-state index in [0.29, 0.717) is 23.5 Å². The van der Waals surface area contributed by atoms with E-state index in [-0.39, 0.29) is 17.8 Å². The van der Waals surface area contributed by atoms with Crippen molar-refractivity contribution in [3.63, 3.8) is 0 Å². The van der Waals surface area contributed by atoms with Gasteiger partial charge in [-0.1, -0.05) is 18.2 Å². The fourth-order valence-electron chi connectivity index (χ4n) is 5.24. The number of amides is 1. The third-order valence-electron chi connectivity index (χ3n) is 7.66. The van der Waals surface area contributed by atoms with Crippen molar-refractivity contribution in [3.8, 4) is 11.1 Å². The molecule has 2 fully saturated rings. The van der Waals surface area contributed by atoms with Gasteiger partial charge in [0.2, 0.25) is 5.95 Å². The lowest BCUT2D eigenvalue weighted by Gasteiger charge is -2.19. The minimum absolute atomic E-state index is 0.107. The zero-order chi connectivity index (χ0) is 25.8. The molecule has 7 nitrogen and oxygen atoms in total. The predicted octanol–water partition coefficient (Wildman–Crippen LogP) is 5.97. The highest BCUT2D eigenvalue weighted by atomic mass is 19.1. The van der Waals surface area contributed by atoms with Gasteiger partial charge in [0.1, 0.15) is 5.82 Å². The molecule has 2 saturated carbocycles. The summed E-state index contributed by atoms with van der Waals surface area (Å²) in [4.78, 5) is 18.3. The molecule has 192 valence electrons. The summed E-state index contributed by atoms with van der Waals surface area (Å²) in [6.45, 7) is 2.84. The summed E-state index contributed by atoms with van der Waals surface area (Å²) in [5.41, 5.74) is 5.42. The first kappa shape index (κ1) is 23.0. The third kappa shape index (κ3) is 4.30. The number of rotatable bonds is 8. The first-order chi connectivity index (χ1) is 18.6. The summed E-state index contributed by atoms with van der Waals surface area (Å²) >= 11 is 0. The van der Waals surface area contributed by atoms with Gasteiger partial charge in [-0.15, -0.1) is 5.10 Å². The van der Waals surface area contributed by atoms with E-state index in [2.05, 4.69) is 50.4 Å². The molecule has 0 bridgehead atoms. The summed E-state index contributed by atoms with van der Waals surface area (Å²) in [7, 11) is 0. The number of hydrogen-bond donors (Lipinski definition) is 2. The second kappa shape index (κ2) is 8.97. The third-order valence-corrected chi connectivity index (χ3v) is 7.66. The number of nitrogens with zero attached hydrogens (tertiary/aromatic N) is 4. The zero-order valence-corrected chi connectivity index (χ0v) is 21.2. The molecule has 0 aliphatic heterocycles. The topological polar surface area (TPSA) is 76.2 Å². The van der Waals surface area contributed by atoms with Gasteiger partial charge in [-0.3, -0.25) is 4.79 Å². The Labute approximate surface area is 219 Å². The summed E-state index contributed by atoms with van der Waals surface area (Å²) in [5, 5.41) is 12.0. The minimum atomic E-state index is -0.270. The van der Waals surface area contributed by atoms with Crippen LogP contribution in [0.1, 0.15) is 54.6 Å². The van der Waals surface area contributed by atoms with Crippen molar-refractivity contribution in [1.29, 1.82) is 0 Å². The Kier molecular flexibility index (Phi) is 5.42. The van der Waals surface area contributed by atoms with Gasteiger partial charge in [-0.2, -0.15) is 4.98 Å². The lowest BCUT2D eigenvalue weighted by molar-refractivity contribution is 0.0933. The molecule has 2 N–H and O–H groups in total. The lowest BCUT2D eigenvalue weighted by atomic mass is 10.0. The maximum Gasteiger partial charge on any atom is 0.253 e. The monoisotopic (exact) mass is 508 g/mol. The van der Waals surface area contributed by atoms with Crippen LogP contribution < -0.4 is 10.6 Å². The number of carbonyl (C=O) groups excluding carboxylic acids is 1. The Hall–Kier alpha value is -4.20. The molecular weight excluding hydrogens is 479 g/mol. The van der Waals surface area contributed by atoms with Crippen molar-refractivity contribution >= 4 is 28.4 Å². The molecule has 2 aliphatic rings. The van der Waals surface area contributed by atoms with Crippen LogP contribution in [0.2, 0.25) is 0 Å². The van der Waals surface area contributed by atoms with Crippen LogP contribution in [0.3, 0.4) is 0 Å². The van der Waals surface area contributed by atoms with Crippen LogP contribution in [0.15, 0.2) is 67.0 Å². The highest BCUT2D eigenvalue weighted by Gasteiger charge is 2.34. The van der Waals surface area contributed by atoms with E-state index in [1.165, 1.54) is 25.0 Å².